The fourth-order valence-corrected chi connectivity index (χ4v) is 1.70. The van der Waals surface area contributed by atoms with Crippen molar-refractivity contribution < 1.29 is 4.42 Å². The van der Waals surface area contributed by atoms with E-state index in [0.717, 1.165) is 39.6 Å². The molecule has 0 atom stereocenters. The number of benzene rings is 1. The van der Waals surface area contributed by atoms with Crippen LogP contribution in [0.3, 0.4) is 0 Å². The fraction of sp³-hybridized carbons (Fsp3) is 0.364. The van der Waals surface area contributed by atoms with Gasteiger partial charge in [0.05, 0.1) is 0 Å². The molecule has 0 saturated carbocycles. The Bertz CT molecular complexity index is 487. The third-order valence-corrected chi connectivity index (χ3v) is 2.96. The summed E-state index contributed by atoms with van der Waals surface area (Å²) in [5, 5.41) is 0.786. The molecule has 74 valence electrons. The summed E-state index contributed by atoms with van der Waals surface area (Å²) < 4.78 is 5.56. The molecule has 0 N–H and O–H groups in total. The van der Waals surface area contributed by atoms with E-state index in [9.17, 15) is 0 Å². The topological polar surface area (TPSA) is 26.0 Å². The molecule has 1 aromatic carbocycles. The van der Waals surface area contributed by atoms with E-state index in [1.165, 1.54) is 0 Å². The van der Waals surface area contributed by atoms with Crippen molar-refractivity contribution in [2.24, 2.45) is 0 Å². The van der Waals surface area contributed by atoms with Gasteiger partial charge in [0, 0.05) is 11.4 Å². The van der Waals surface area contributed by atoms with E-state index in [2.05, 4.69) is 4.98 Å². The number of aryl methyl sites for hydroxylation is 3. The Morgan fingerprint density at radius 3 is 2.79 bits per heavy atom. The summed E-state index contributed by atoms with van der Waals surface area (Å²) in [5.41, 5.74) is 3.76. The van der Waals surface area contributed by atoms with Crippen LogP contribution < -0.4 is 0 Å². The third kappa shape index (κ3) is 1.30. The van der Waals surface area contributed by atoms with Crippen LogP contribution in [0.15, 0.2) is 10.5 Å². The maximum absolute atomic E-state index is 6.13. The summed E-state index contributed by atoms with van der Waals surface area (Å²) in [5.74, 6) is 0.768. The van der Waals surface area contributed by atoms with Gasteiger partial charge in [0.25, 0.3) is 0 Å². The largest absolute Gasteiger partial charge is 0.441 e. The Morgan fingerprint density at radius 1 is 1.43 bits per heavy atom. The second-order valence-corrected chi connectivity index (χ2v) is 3.82. The number of nitrogens with zero attached hydrogens (tertiary/aromatic N) is 1. The second-order valence-electron chi connectivity index (χ2n) is 3.44. The SMILES string of the molecule is CCc1nc2c(C)c(Cl)c(C)cc2o1. The fourth-order valence-electron chi connectivity index (χ4n) is 1.56. The predicted molar refractivity (Wildman–Crippen MR) is 57.9 cm³/mol. The number of fused-ring (bicyclic) bond motifs is 1. The lowest BCUT2D eigenvalue weighted by Gasteiger charge is -2.00. The van der Waals surface area contributed by atoms with Gasteiger partial charge in [0.2, 0.25) is 0 Å². The van der Waals surface area contributed by atoms with E-state index in [4.69, 9.17) is 16.0 Å². The highest BCUT2D eigenvalue weighted by Gasteiger charge is 2.11. The molecule has 3 heteroatoms. The van der Waals surface area contributed by atoms with Gasteiger partial charge in [-0.15, -0.1) is 0 Å². The molecule has 0 spiro atoms. The van der Waals surface area contributed by atoms with Crippen LogP contribution in [0.5, 0.6) is 0 Å². The van der Waals surface area contributed by atoms with Gasteiger partial charge in [0.15, 0.2) is 11.5 Å². The molecule has 0 fully saturated rings. The first-order valence-electron chi connectivity index (χ1n) is 4.68. The number of halogens is 1. The summed E-state index contributed by atoms with van der Waals surface area (Å²) in [6.07, 6.45) is 0.810. The average Bonchev–Trinajstić information content (AvgIpc) is 2.57. The van der Waals surface area contributed by atoms with Gasteiger partial charge in [0.1, 0.15) is 5.52 Å². The van der Waals surface area contributed by atoms with Crippen LogP contribution in [0, 0.1) is 13.8 Å². The van der Waals surface area contributed by atoms with Crippen LogP contribution in [-0.2, 0) is 6.42 Å². The highest BCUT2D eigenvalue weighted by molar-refractivity contribution is 6.33. The molecular weight excluding hydrogens is 198 g/mol. The molecule has 0 saturated heterocycles. The van der Waals surface area contributed by atoms with Crippen LogP contribution in [0.2, 0.25) is 5.02 Å². The smallest absolute Gasteiger partial charge is 0.195 e. The van der Waals surface area contributed by atoms with E-state index in [1.807, 2.05) is 26.8 Å². The molecule has 0 radical (unpaired) electrons. The van der Waals surface area contributed by atoms with Gasteiger partial charge in [-0.05, 0) is 31.0 Å². The van der Waals surface area contributed by atoms with E-state index in [-0.39, 0.29) is 0 Å². The zero-order valence-electron chi connectivity index (χ0n) is 8.52. The number of hydrogen-bond acceptors (Lipinski definition) is 2. The van der Waals surface area contributed by atoms with Crippen LogP contribution >= 0.6 is 11.6 Å². The minimum atomic E-state index is 0.768. The van der Waals surface area contributed by atoms with Gasteiger partial charge >= 0.3 is 0 Å². The lowest BCUT2D eigenvalue weighted by Crippen LogP contribution is -1.83. The molecule has 0 bridgehead atoms. The van der Waals surface area contributed by atoms with Crippen LogP contribution in [0.1, 0.15) is 23.9 Å². The predicted octanol–water partition coefficient (Wildman–Crippen LogP) is 3.66. The van der Waals surface area contributed by atoms with Crippen molar-refractivity contribution in [2.45, 2.75) is 27.2 Å². The summed E-state index contributed by atoms with van der Waals surface area (Å²) in [6.45, 7) is 5.97. The Kier molecular flexibility index (Phi) is 2.23. The lowest BCUT2D eigenvalue weighted by atomic mass is 10.1. The van der Waals surface area contributed by atoms with Crippen molar-refractivity contribution in [3.05, 3.63) is 28.1 Å². The van der Waals surface area contributed by atoms with E-state index < -0.39 is 0 Å². The number of hydrogen-bond donors (Lipinski definition) is 0. The van der Waals surface area contributed by atoms with E-state index >= 15 is 0 Å². The summed E-state index contributed by atoms with van der Waals surface area (Å²) in [7, 11) is 0. The third-order valence-electron chi connectivity index (χ3n) is 2.38. The summed E-state index contributed by atoms with van der Waals surface area (Å²) in [4.78, 5) is 4.38. The quantitative estimate of drug-likeness (QED) is 0.717. The molecule has 2 rings (SSSR count). The maximum Gasteiger partial charge on any atom is 0.195 e. The zero-order valence-corrected chi connectivity index (χ0v) is 9.27. The first-order valence-corrected chi connectivity index (χ1v) is 5.06. The molecule has 0 unspecified atom stereocenters. The molecule has 0 aliphatic rings. The molecule has 14 heavy (non-hydrogen) atoms. The van der Waals surface area contributed by atoms with E-state index in [1.54, 1.807) is 0 Å². The second kappa shape index (κ2) is 3.28. The molecule has 2 nitrogen and oxygen atoms in total. The first-order chi connectivity index (χ1) is 6.63. The Labute approximate surface area is 87.9 Å². The summed E-state index contributed by atoms with van der Waals surface area (Å²) in [6, 6.07) is 1.94. The van der Waals surface area contributed by atoms with Crippen molar-refractivity contribution in [1.29, 1.82) is 0 Å². The van der Waals surface area contributed by atoms with Crippen LogP contribution in [0.4, 0.5) is 0 Å². The minimum Gasteiger partial charge on any atom is -0.441 e. The van der Waals surface area contributed by atoms with E-state index in [0.29, 0.717) is 0 Å². The number of aromatic nitrogens is 1. The molecule has 1 heterocycles. The van der Waals surface area contributed by atoms with Crippen molar-refractivity contribution in [3.8, 4) is 0 Å². The Hall–Kier alpha value is -1.02. The highest BCUT2D eigenvalue weighted by atomic mass is 35.5. The molecule has 2 aromatic rings. The molecule has 1 aromatic heterocycles. The Balaban J connectivity index is 2.81. The number of oxazole rings is 1. The van der Waals surface area contributed by atoms with Gasteiger partial charge in [-0.3, -0.25) is 0 Å². The van der Waals surface area contributed by atoms with Gasteiger partial charge in [-0.1, -0.05) is 18.5 Å². The molecule has 0 aliphatic carbocycles. The van der Waals surface area contributed by atoms with Gasteiger partial charge in [-0.2, -0.15) is 0 Å². The minimum absolute atomic E-state index is 0.768. The van der Waals surface area contributed by atoms with Crippen LogP contribution in [-0.4, -0.2) is 4.98 Å². The standard InChI is InChI=1S/C11H12ClNO/c1-4-9-13-11-7(3)10(12)6(2)5-8(11)14-9/h5H,4H2,1-3H3. The molecular formula is C11H12ClNO. The number of rotatable bonds is 1. The monoisotopic (exact) mass is 209 g/mol. The van der Waals surface area contributed by atoms with Crippen molar-refractivity contribution >= 4 is 22.7 Å². The average molecular weight is 210 g/mol. The Morgan fingerprint density at radius 2 is 2.14 bits per heavy atom. The van der Waals surface area contributed by atoms with Gasteiger partial charge < -0.3 is 4.42 Å². The molecule has 0 aliphatic heterocycles. The van der Waals surface area contributed by atoms with Crippen molar-refractivity contribution in [1.82, 2.24) is 4.98 Å². The maximum atomic E-state index is 6.13. The summed E-state index contributed by atoms with van der Waals surface area (Å²) >= 11 is 6.13. The van der Waals surface area contributed by atoms with Gasteiger partial charge in [-0.25, -0.2) is 4.98 Å². The molecule has 0 amide bonds. The highest BCUT2D eigenvalue weighted by Crippen LogP contribution is 2.29. The van der Waals surface area contributed by atoms with Crippen molar-refractivity contribution in [3.63, 3.8) is 0 Å². The van der Waals surface area contributed by atoms with Crippen LogP contribution in [0.25, 0.3) is 11.1 Å². The normalized spacial score (nSPS) is 11.1. The van der Waals surface area contributed by atoms with Crippen molar-refractivity contribution in [2.75, 3.05) is 0 Å². The lowest BCUT2D eigenvalue weighted by molar-refractivity contribution is 0.538. The first kappa shape index (κ1) is 9.53. The zero-order chi connectivity index (χ0) is 10.3.